The van der Waals surface area contributed by atoms with Gasteiger partial charge in [-0.05, 0) is 5.92 Å². The lowest BCUT2D eigenvalue weighted by molar-refractivity contribution is -0.120. The fourth-order valence-electron chi connectivity index (χ4n) is 1.72. The Hall–Kier alpha value is -2.32. The van der Waals surface area contributed by atoms with Crippen molar-refractivity contribution in [1.29, 1.82) is 0 Å². The van der Waals surface area contributed by atoms with Gasteiger partial charge in [0.15, 0.2) is 0 Å². The van der Waals surface area contributed by atoms with Crippen molar-refractivity contribution in [3.05, 3.63) is 29.3 Å². The lowest BCUT2D eigenvalue weighted by atomic mass is 10.0. The van der Waals surface area contributed by atoms with Crippen LogP contribution in [0.5, 0.6) is 5.75 Å². The van der Waals surface area contributed by atoms with Crippen LogP contribution in [0.1, 0.15) is 24.2 Å². The molecular weight excluding hydrogens is 308 g/mol. The van der Waals surface area contributed by atoms with Gasteiger partial charge >= 0.3 is 6.61 Å². The van der Waals surface area contributed by atoms with Crippen molar-refractivity contribution in [1.82, 2.24) is 5.32 Å². The summed E-state index contributed by atoms with van der Waals surface area (Å²) in [4.78, 5) is 23.0. The van der Waals surface area contributed by atoms with Crippen LogP contribution in [0, 0.1) is 17.6 Å². The van der Waals surface area contributed by atoms with Crippen molar-refractivity contribution in [2.75, 3.05) is 0 Å². The molecule has 0 aliphatic carbocycles. The van der Waals surface area contributed by atoms with Crippen LogP contribution in [-0.4, -0.2) is 24.5 Å². The third kappa shape index (κ3) is 4.34. The van der Waals surface area contributed by atoms with Gasteiger partial charge in [0, 0.05) is 12.1 Å². The van der Waals surface area contributed by atoms with E-state index in [0.717, 1.165) is 0 Å². The van der Waals surface area contributed by atoms with Crippen LogP contribution in [0.3, 0.4) is 0 Å². The molecule has 0 saturated heterocycles. The van der Waals surface area contributed by atoms with Crippen molar-refractivity contribution >= 4 is 11.8 Å². The van der Waals surface area contributed by atoms with Crippen LogP contribution in [0.2, 0.25) is 0 Å². The fourth-order valence-corrected chi connectivity index (χ4v) is 1.72. The number of nitrogens with two attached hydrogens (primary N) is 1. The molecule has 0 saturated carbocycles. The highest BCUT2D eigenvalue weighted by Gasteiger charge is 2.26. The molecule has 122 valence electrons. The predicted molar refractivity (Wildman–Crippen MR) is 68.3 cm³/mol. The highest BCUT2D eigenvalue weighted by Crippen LogP contribution is 2.22. The standard InChI is InChI=1S/C13H14F4N2O3/c1-5(2)10(11(18)20)19-12(21)9-7(14)3-6(4-8(9)15)22-13(16)17/h3-5,10,13H,1-2H3,(H2,18,20)(H,19,21). The first-order valence-corrected chi connectivity index (χ1v) is 6.17. The molecule has 2 amide bonds. The minimum atomic E-state index is -3.27. The Kier molecular flexibility index (Phi) is 5.72. The molecule has 0 aliphatic rings. The number of amides is 2. The second-order valence-corrected chi connectivity index (χ2v) is 4.74. The normalized spacial score (nSPS) is 12.4. The molecule has 1 unspecified atom stereocenters. The van der Waals surface area contributed by atoms with Gasteiger partial charge in [0.1, 0.15) is 29.0 Å². The SMILES string of the molecule is CC(C)C(NC(=O)c1c(F)cc(OC(F)F)cc1F)C(N)=O. The number of nitrogens with one attached hydrogen (secondary N) is 1. The minimum absolute atomic E-state index is 0.408. The van der Waals surface area contributed by atoms with E-state index in [1.165, 1.54) is 0 Å². The zero-order valence-corrected chi connectivity index (χ0v) is 11.7. The summed E-state index contributed by atoms with van der Waals surface area (Å²) in [5.41, 5.74) is 4.05. The summed E-state index contributed by atoms with van der Waals surface area (Å²) in [7, 11) is 0. The van der Waals surface area contributed by atoms with E-state index < -0.39 is 53.3 Å². The topological polar surface area (TPSA) is 81.4 Å². The summed E-state index contributed by atoms with van der Waals surface area (Å²) in [6.45, 7) is -0.122. The number of carbonyl (C=O) groups is 2. The third-order valence-corrected chi connectivity index (χ3v) is 2.73. The maximum absolute atomic E-state index is 13.7. The van der Waals surface area contributed by atoms with Gasteiger partial charge in [-0.15, -0.1) is 0 Å². The number of carbonyl (C=O) groups excluding carboxylic acids is 2. The number of halogens is 4. The third-order valence-electron chi connectivity index (χ3n) is 2.73. The van der Waals surface area contributed by atoms with E-state index in [2.05, 4.69) is 10.1 Å². The molecule has 0 spiro atoms. The van der Waals surface area contributed by atoms with E-state index in [-0.39, 0.29) is 0 Å². The van der Waals surface area contributed by atoms with Crippen LogP contribution >= 0.6 is 0 Å². The predicted octanol–water partition coefficient (Wildman–Crippen LogP) is 1.81. The van der Waals surface area contributed by atoms with Crippen molar-refractivity contribution in [2.24, 2.45) is 11.7 Å². The van der Waals surface area contributed by atoms with Gasteiger partial charge in [-0.1, -0.05) is 13.8 Å². The van der Waals surface area contributed by atoms with Crippen LogP contribution in [0.4, 0.5) is 17.6 Å². The molecule has 9 heteroatoms. The molecular formula is C13H14F4N2O3. The maximum atomic E-state index is 13.7. The number of primary amides is 1. The van der Waals surface area contributed by atoms with Crippen LogP contribution in [-0.2, 0) is 4.79 Å². The Morgan fingerprint density at radius 3 is 2.05 bits per heavy atom. The second kappa shape index (κ2) is 7.10. The molecule has 0 aliphatic heterocycles. The van der Waals surface area contributed by atoms with Crippen molar-refractivity contribution < 1.29 is 31.9 Å². The van der Waals surface area contributed by atoms with E-state index in [4.69, 9.17) is 5.73 Å². The van der Waals surface area contributed by atoms with E-state index in [1.807, 2.05) is 0 Å². The van der Waals surface area contributed by atoms with Gasteiger partial charge in [0.05, 0.1) is 0 Å². The summed E-state index contributed by atoms with van der Waals surface area (Å²) >= 11 is 0. The number of hydrogen-bond acceptors (Lipinski definition) is 3. The molecule has 22 heavy (non-hydrogen) atoms. The van der Waals surface area contributed by atoms with Gasteiger partial charge in [-0.2, -0.15) is 8.78 Å². The molecule has 0 heterocycles. The van der Waals surface area contributed by atoms with Crippen molar-refractivity contribution in [3.63, 3.8) is 0 Å². The first-order chi connectivity index (χ1) is 10.1. The van der Waals surface area contributed by atoms with E-state index in [0.29, 0.717) is 12.1 Å². The van der Waals surface area contributed by atoms with E-state index in [9.17, 15) is 27.2 Å². The maximum Gasteiger partial charge on any atom is 0.387 e. The molecule has 1 aromatic carbocycles. The summed E-state index contributed by atoms with van der Waals surface area (Å²) in [5, 5.41) is 2.09. The van der Waals surface area contributed by atoms with Crippen LogP contribution in [0.15, 0.2) is 12.1 Å². The van der Waals surface area contributed by atoms with Crippen molar-refractivity contribution in [2.45, 2.75) is 26.5 Å². The molecule has 1 atom stereocenters. The Labute approximate surface area is 123 Å². The van der Waals surface area contributed by atoms with E-state index >= 15 is 0 Å². The monoisotopic (exact) mass is 322 g/mol. The number of benzene rings is 1. The largest absolute Gasteiger partial charge is 0.435 e. The van der Waals surface area contributed by atoms with Gasteiger partial charge in [0.25, 0.3) is 5.91 Å². The molecule has 1 rings (SSSR count). The Bertz CT molecular complexity index is 555. The lowest BCUT2D eigenvalue weighted by Gasteiger charge is -2.19. The lowest BCUT2D eigenvalue weighted by Crippen LogP contribution is -2.48. The van der Waals surface area contributed by atoms with Gasteiger partial charge in [-0.25, -0.2) is 8.78 Å². The summed E-state index contributed by atoms with van der Waals surface area (Å²) in [6, 6.07) is -0.249. The Morgan fingerprint density at radius 2 is 1.68 bits per heavy atom. The Balaban J connectivity index is 3.06. The first-order valence-electron chi connectivity index (χ1n) is 6.17. The second-order valence-electron chi connectivity index (χ2n) is 4.74. The average molecular weight is 322 g/mol. The Morgan fingerprint density at radius 1 is 1.18 bits per heavy atom. The minimum Gasteiger partial charge on any atom is -0.435 e. The molecule has 3 N–H and O–H groups in total. The number of ether oxygens (including phenoxy) is 1. The van der Waals surface area contributed by atoms with E-state index in [1.54, 1.807) is 13.8 Å². The fraction of sp³-hybridized carbons (Fsp3) is 0.385. The van der Waals surface area contributed by atoms with Crippen LogP contribution in [0.25, 0.3) is 0 Å². The molecule has 0 fully saturated rings. The molecule has 0 bridgehead atoms. The number of rotatable bonds is 6. The first kappa shape index (κ1) is 17.7. The molecule has 0 radical (unpaired) electrons. The smallest absolute Gasteiger partial charge is 0.387 e. The number of alkyl halides is 2. The highest BCUT2D eigenvalue weighted by atomic mass is 19.3. The highest BCUT2D eigenvalue weighted by molar-refractivity contribution is 5.97. The molecule has 5 nitrogen and oxygen atoms in total. The van der Waals surface area contributed by atoms with Gasteiger partial charge < -0.3 is 15.8 Å². The molecule has 0 aromatic heterocycles. The van der Waals surface area contributed by atoms with Gasteiger partial charge in [-0.3, -0.25) is 9.59 Å². The zero-order chi connectivity index (χ0) is 17.0. The average Bonchev–Trinajstić information content (AvgIpc) is 2.33. The van der Waals surface area contributed by atoms with Crippen LogP contribution < -0.4 is 15.8 Å². The quantitative estimate of drug-likeness (QED) is 0.784. The van der Waals surface area contributed by atoms with Crippen molar-refractivity contribution in [3.8, 4) is 5.75 Å². The molecule has 1 aromatic rings. The summed E-state index contributed by atoms with van der Waals surface area (Å²) in [5.74, 6) is -6.08. The van der Waals surface area contributed by atoms with Gasteiger partial charge in [0.2, 0.25) is 5.91 Å². The zero-order valence-electron chi connectivity index (χ0n) is 11.7. The summed E-state index contributed by atoms with van der Waals surface area (Å²) in [6.07, 6.45) is 0. The summed E-state index contributed by atoms with van der Waals surface area (Å²) < 4.78 is 55.3. The number of hydrogen-bond donors (Lipinski definition) is 2.